The second-order valence-electron chi connectivity index (χ2n) is 6.06. The summed E-state index contributed by atoms with van der Waals surface area (Å²) in [5.41, 5.74) is 1.93. The van der Waals surface area contributed by atoms with Crippen LogP contribution >= 0.6 is 11.6 Å². The zero-order chi connectivity index (χ0) is 20.5. The van der Waals surface area contributed by atoms with Crippen molar-refractivity contribution in [1.29, 1.82) is 0 Å². The van der Waals surface area contributed by atoms with E-state index >= 15 is 0 Å². The van der Waals surface area contributed by atoms with Gasteiger partial charge < -0.3 is 16.0 Å². The highest BCUT2D eigenvalue weighted by atomic mass is 35.5. The Kier molecular flexibility index (Phi) is 7.61. The van der Waals surface area contributed by atoms with Crippen molar-refractivity contribution in [3.8, 4) is 12.3 Å². The summed E-state index contributed by atoms with van der Waals surface area (Å²) in [6.45, 7) is 1.17. The number of nitrogens with one attached hydrogen (secondary N) is 3. The van der Waals surface area contributed by atoms with Crippen molar-refractivity contribution in [2.24, 2.45) is 0 Å². The summed E-state index contributed by atoms with van der Waals surface area (Å²) < 4.78 is 0. The molecule has 2 rings (SSSR count). The van der Waals surface area contributed by atoms with Gasteiger partial charge in [0.2, 0.25) is 17.7 Å². The lowest BCUT2D eigenvalue weighted by molar-refractivity contribution is -0.125. The molecule has 0 aliphatic rings. The molecule has 0 aromatic heterocycles. The monoisotopic (exact) mass is 397 g/mol. The van der Waals surface area contributed by atoms with Crippen LogP contribution in [0.3, 0.4) is 0 Å². The summed E-state index contributed by atoms with van der Waals surface area (Å²) >= 11 is 5.88. The second-order valence-corrected chi connectivity index (χ2v) is 6.50. The minimum atomic E-state index is -0.523. The Bertz CT molecular complexity index is 904. The molecule has 7 heteroatoms. The fraction of sp³-hybridized carbons (Fsp3) is 0.190. The molecule has 3 N–H and O–H groups in total. The highest BCUT2D eigenvalue weighted by Gasteiger charge is 2.17. The molecule has 0 saturated carbocycles. The molecule has 0 bridgehead atoms. The first kappa shape index (κ1) is 21.0. The standard InChI is InChI=1S/C21H20ClN3O3/c1-3-15-5-4-6-18(11-15)25-21(28)13-23-20(27)12-19(24-14(2)26)16-7-9-17(22)10-8-16/h1,4-11,19H,12-13H2,2H3,(H,23,27)(H,24,26)(H,25,28)/t19-/m0/s1. The lowest BCUT2D eigenvalue weighted by atomic mass is 10.0. The number of amides is 3. The molecular formula is C21H20ClN3O3. The molecule has 0 unspecified atom stereocenters. The maximum Gasteiger partial charge on any atom is 0.243 e. The van der Waals surface area contributed by atoms with Crippen LogP contribution in [-0.2, 0) is 14.4 Å². The third-order valence-electron chi connectivity index (χ3n) is 3.80. The Morgan fingerprint density at radius 2 is 1.82 bits per heavy atom. The number of anilines is 1. The lowest BCUT2D eigenvalue weighted by Gasteiger charge is -2.18. The zero-order valence-corrected chi connectivity index (χ0v) is 16.0. The van der Waals surface area contributed by atoms with Gasteiger partial charge in [-0.2, -0.15) is 0 Å². The number of halogens is 1. The van der Waals surface area contributed by atoms with Gasteiger partial charge in [0.1, 0.15) is 0 Å². The fourth-order valence-corrected chi connectivity index (χ4v) is 2.65. The van der Waals surface area contributed by atoms with Gasteiger partial charge in [0.25, 0.3) is 0 Å². The van der Waals surface area contributed by atoms with Gasteiger partial charge in [-0.3, -0.25) is 14.4 Å². The number of terminal acetylenes is 1. The van der Waals surface area contributed by atoms with Crippen molar-refractivity contribution in [2.45, 2.75) is 19.4 Å². The quantitative estimate of drug-likeness (QED) is 0.628. The first-order chi connectivity index (χ1) is 13.4. The van der Waals surface area contributed by atoms with Gasteiger partial charge in [0.15, 0.2) is 0 Å². The lowest BCUT2D eigenvalue weighted by Crippen LogP contribution is -2.36. The van der Waals surface area contributed by atoms with Crippen LogP contribution in [0.1, 0.15) is 30.5 Å². The molecule has 0 aliphatic heterocycles. The predicted molar refractivity (Wildman–Crippen MR) is 109 cm³/mol. The summed E-state index contributed by atoms with van der Waals surface area (Å²) in [5, 5.41) is 8.49. The van der Waals surface area contributed by atoms with Gasteiger partial charge in [-0.25, -0.2) is 0 Å². The average Bonchev–Trinajstić information content (AvgIpc) is 2.66. The van der Waals surface area contributed by atoms with Crippen LogP contribution in [0, 0.1) is 12.3 Å². The largest absolute Gasteiger partial charge is 0.349 e. The van der Waals surface area contributed by atoms with Crippen LogP contribution in [0.2, 0.25) is 5.02 Å². The van der Waals surface area contributed by atoms with E-state index < -0.39 is 6.04 Å². The Morgan fingerprint density at radius 3 is 2.46 bits per heavy atom. The van der Waals surface area contributed by atoms with Gasteiger partial charge in [-0.1, -0.05) is 35.7 Å². The Balaban J connectivity index is 1.91. The van der Waals surface area contributed by atoms with Crippen molar-refractivity contribution in [2.75, 3.05) is 11.9 Å². The first-order valence-electron chi connectivity index (χ1n) is 8.53. The van der Waals surface area contributed by atoms with E-state index in [9.17, 15) is 14.4 Å². The SMILES string of the molecule is C#Cc1cccc(NC(=O)CNC(=O)C[C@H](NC(C)=O)c2ccc(Cl)cc2)c1. The molecule has 1 atom stereocenters. The van der Waals surface area contributed by atoms with E-state index in [1.54, 1.807) is 48.5 Å². The number of rotatable bonds is 7. The average molecular weight is 398 g/mol. The van der Waals surface area contributed by atoms with E-state index in [0.717, 1.165) is 5.56 Å². The highest BCUT2D eigenvalue weighted by Crippen LogP contribution is 2.19. The summed E-state index contributed by atoms with van der Waals surface area (Å²) in [4.78, 5) is 35.7. The molecule has 0 spiro atoms. The number of carbonyl (C=O) groups is 3. The van der Waals surface area contributed by atoms with Crippen molar-refractivity contribution >= 4 is 35.0 Å². The van der Waals surface area contributed by atoms with Crippen LogP contribution in [-0.4, -0.2) is 24.3 Å². The van der Waals surface area contributed by atoms with E-state index in [4.69, 9.17) is 18.0 Å². The summed E-state index contributed by atoms with van der Waals surface area (Å²) in [6.07, 6.45) is 5.32. The van der Waals surface area contributed by atoms with Crippen LogP contribution in [0.5, 0.6) is 0 Å². The second kappa shape index (κ2) is 10.1. The molecule has 3 amide bonds. The van der Waals surface area contributed by atoms with Crippen LogP contribution in [0.25, 0.3) is 0 Å². The molecule has 28 heavy (non-hydrogen) atoms. The van der Waals surface area contributed by atoms with E-state index in [-0.39, 0.29) is 30.7 Å². The minimum Gasteiger partial charge on any atom is -0.349 e. The molecule has 2 aromatic rings. The molecule has 2 aromatic carbocycles. The van der Waals surface area contributed by atoms with Crippen LogP contribution < -0.4 is 16.0 Å². The Hall–Kier alpha value is -3.30. The summed E-state index contributed by atoms with van der Waals surface area (Å²) in [6, 6.07) is 13.2. The van der Waals surface area contributed by atoms with Crippen LogP contribution in [0.15, 0.2) is 48.5 Å². The van der Waals surface area contributed by atoms with E-state index in [2.05, 4.69) is 21.9 Å². The third kappa shape index (κ3) is 6.78. The predicted octanol–water partition coefficient (Wildman–Crippen LogP) is 2.64. The molecule has 6 nitrogen and oxygen atoms in total. The number of hydrogen-bond donors (Lipinski definition) is 3. The van der Waals surface area contributed by atoms with Gasteiger partial charge in [-0.15, -0.1) is 6.42 Å². The highest BCUT2D eigenvalue weighted by molar-refractivity contribution is 6.30. The summed E-state index contributed by atoms with van der Waals surface area (Å²) in [5.74, 6) is 1.46. The fourth-order valence-electron chi connectivity index (χ4n) is 2.52. The van der Waals surface area contributed by atoms with Crippen molar-refractivity contribution in [3.63, 3.8) is 0 Å². The van der Waals surface area contributed by atoms with E-state index in [1.165, 1.54) is 6.92 Å². The smallest absolute Gasteiger partial charge is 0.243 e. The normalized spacial score (nSPS) is 11.0. The van der Waals surface area contributed by atoms with E-state index in [1.807, 2.05) is 0 Å². The third-order valence-corrected chi connectivity index (χ3v) is 4.05. The molecular weight excluding hydrogens is 378 g/mol. The molecule has 0 saturated heterocycles. The van der Waals surface area contributed by atoms with Gasteiger partial charge in [0, 0.05) is 23.2 Å². The number of carbonyl (C=O) groups excluding carboxylic acids is 3. The maximum atomic E-state index is 12.2. The topological polar surface area (TPSA) is 87.3 Å². The van der Waals surface area contributed by atoms with E-state index in [0.29, 0.717) is 16.3 Å². The van der Waals surface area contributed by atoms with Gasteiger partial charge in [-0.05, 0) is 35.9 Å². The van der Waals surface area contributed by atoms with Crippen molar-refractivity contribution < 1.29 is 14.4 Å². The molecule has 144 valence electrons. The zero-order valence-electron chi connectivity index (χ0n) is 15.3. The number of benzene rings is 2. The van der Waals surface area contributed by atoms with Gasteiger partial charge >= 0.3 is 0 Å². The molecule has 0 radical (unpaired) electrons. The number of hydrogen-bond acceptors (Lipinski definition) is 3. The maximum absolute atomic E-state index is 12.2. The molecule has 0 fully saturated rings. The van der Waals surface area contributed by atoms with Crippen molar-refractivity contribution in [3.05, 3.63) is 64.7 Å². The minimum absolute atomic E-state index is 0.0128. The van der Waals surface area contributed by atoms with Crippen LogP contribution in [0.4, 0.5) is 5.69 Å². The Labute approximate surface area is 168 Å². The van der Waals surface area contributed by atoms with Crippen molar-refractivity contribution in [1.82, 2.24) is 10.6 Å². The molecule has 0 heterocycles. The first-order valence-corrected chi connectivity index (χ1v) is 8.91. The summed E-state index contributed by atoms with van der Waals surface area (Å²) in [7, 11) is 0. The molecule has 0 aliphatic carbocycles. The van der Waals surface area contributed by atoms with Gasteiger partial charge in [0.05, 0.1) is 19.0 Å². The Morgan fingerprint density at radius 1 is 1.11 bits per heavy atom.